The highest BCUT2D eigenvalue weighted by molar-refractivity contribution is 7.71. The summed E-state index contributed by atoms with van der Waals surface area (Å²) < 4.78 is 5.92. The number of aromatic nitrogens is 3. The maximum Gasteiger partial charge on any atom is 0.342 e. The Morgan fingerprint density at radius 2 is 2.31 bits per heavy atom. The van der Waals surface area contributed by atoms with Crippen LogP contribution in [0.15, 0.2) is 4.79 Å². The Morgan fingerprint density at radius 1 is 1.62 bits per heavy atom. The first-order valence-electron chi connectivity index (χ1n) is 3.68. The monoisotopic (exact) mass is 203 g/mol. The lowest BCUT2D eigenvalue weighted by Crippen LogP contribution is -2.23. The number of rotatable bonds is 3. The summed E-state index contributed by atoms with van der Waals surface area (Å²) in [6.07, 6.45) is 0. The van der Waals surface area contributed by atoms with Crippen LogP contribution in [0.4, 0.5) is 0 Å². The van der Waals surface area contributed by atoms with E-state index < -0.39 is 11.7 Å². The smallest absolute Gasteiger partial charge is 0.342 e. The average molecular weight is 203 g/mol. The van der Waals surface area contributed by atoms with Gasteiger partial charge in [-0.15, -0.1) is 0 Å². The molecule has 0 radical (unpaired) electrons. The molecule has 13 heavy (non-hydrogen) atoms. The highest BCUT2D eigenvalue weighted by Crippen LogP contribution is 1.85. The van der Waals surface area contributed by atoms with Crippen molar-refractivity contribution in [3.8, 4) is 0 Å². The van der Waals surface area contributed by atoms with Crippen molar-refractivity contribution < 1.29 is 9.53 Å². The fraction of sp³-hybridized carbons (Fsp3) is 0.500. The predicted molar refractivity (Wildman–Crippen MR) is 46.9 cm³/mol. The van der Waals surface area contributed by atoms with E-state index in [0.29, 0.717) is 0 Å². The summed E-state index contributed by atoms with van der Waals surface area (Å²) >= 11 is 4.74. The van der Waals surface area contributed by atoms with Crippen LogP contribution in [0.25, 0.3) is 0 Å². The second-order valence-electron chi connectivity index (χ2n) is 2.25. The predicted octanol–water partition coefficient (Wildman–Crippen LogP) is -0.203. The lowest BCUT2D eigenvalue weighted by Gasteiger charge is -1.99. The van der Waals surface area contributed by atoms with Gasteiger partial charge in [0.15, 0.2) is 4.77 Å². The van der Waals surface area contributed by atoms with Crippen LogP contribution in [0.2, 0.25) is 0 Å². The standard InChI is InChI=1S/C6H9N3O3S/c1-2-12-4(10)3-9-5(11)7-8-6(9)13/h2-3H2,1H3,(H,7,11)(H,8,13). The Labute approximate surface area is 78.5 Å². The number of H-pyrrole nitrogens is 2. The Morgan fingerprint density at radius 3 is 2.77 bits per heavy atom. The highest BCUT2D eigenvalue weighted by Gasteiger charge is 2.06. The van der Waals surface area contributed by atoms with E-state index in [-0.39, 0.29) is 17.9 Å². The van der Waals surface area contributed by atoms with Crippen molar-refractivity contribution in [3.05, 3.63) is 15.3 Å². The fourth-order valence-electron chi connectivity index (χ4n) is 0.813. The van der Waals surface area contributed by atoms with Crippen LogP contribution in [-0.2, 0) is 16.1 Å². The molecule has 1 heterocycles. The molecule has 0 spiro atoms. The number of ether oxygens (including phenoxy) is 1. The summed E-state index contributed by atoms with van der Waals surface area (Å²) in [4.78, 5) is 21.9. The van der Waals surface area contributed by atoms with Crippen molar-refractivity contribution in [1.29, 1.82) is 0 Å². The SMILES string of the molecule is CCOC(=O)Cn1c(=O)[nH][nH]c1=S. The molecular formula is C6H9N3O3S. The van der Waals surface area contributed by atoms with Gasteiger partial charge < -0.3 is 4.74 Å². The molecule has 1 rings (SSSR count). The first-order valence-corrected chi connectivity index (χ1v) is 4.09. The minimum absolute atomic E-state index is 0.161. The zero-order valence-corrected chi connectivity index (χ0v) is 7.81. The number of aromatic amines is 2. The van der Waals surface area contributed by atoms with Crippen molar-refractivity contribution in [2.75, 3.05) is 6.61 Å². The first kappa shape index (κ1) is 9.72. The number of hydrogen-bond acceptors (Lipinski definition) is 4. The lowest BCUT2D eigenvalue weighted by molar-refractivity contribution is -0.143. The quantitative estimate of drug-likeness (QED) is 0.526. The molecule has 0 aliphatic rings. The van der Waals surface area contributed by atoms with Crippen molar-refractivity contribution in [2.45, 2.75) is 13.5 Å². The normalized spacial score (nSPS) is 9.92. The molecule has 0 unspecified atom stereocenters. The van der Waals surface area contributed by atoms with Gasteiger partial charge in [0.05, 0.1) is 6.61 Å². The first-order chi connectivity index (χ1) is 6.15. The van der Waals surface area contributed by atoms with Gasteiger partial charge in [0.25, 0.3) is 0 Å². The molecule has 0 fully saturated rings. The molecule has 7 heteroatoms. The summed E-state index contributed by atoms with van der Waals surface area (Å²) in [6.45, 7) is 1.82. The Kier molecular flexibility index (Phi) is 3.02. The summed E-state index contributed by atoms with van der Waals surface area (Å²) in [6, 6.07) is 0. The summed E-state index contributed by atoms with van der Waals surface area (Å²) in [5.74, 6) is -0.483. The van der Waals surface area contributed by atoms with Gasteiger partial charge in [-0.3, -0.25) is 14.5 Å². The molecule has 2 N–H and O–H groups in total. The number of nitrogens with one attached hydrogen (secondary N) is 2. The van der Waals surface area contributed by atoms with Crippen LogP contribution in [0.1, 0.15) is 6.92 Å². The minimum Gasteiger partial charge on any atom is -0.465 e. The molecule has 0 bridgehead atoms. The second kappa shape index (κ2) is 4.04. The van der Waals surface area contributed by atoms with Crippen molar-refractivity contribution in [1.82, 2.24) is 14.8 Å². The number of hydrogen-bond donors (Lipinski definition) is 2. The van der Waals surface area contributed by atoms with Gasteiger partial charge in [0.2, 0.25) is 0 Å². The molecule has 72 valence electrons. The zero-order valence-electron chi connectivity index (χ0n) is 6.99. The van der Waals surface area contributed by atoms with E-state index in [4.69, 9.17) is 12.2 Å². The van der Waals surface area contributed by atoms with Crippen LogP contribution in [-0.4, -0.2) is 27.3 Å². The maximum atomic E-state index is 11.0. The van der Waals surface area contributed by atoms with Crippen molar-refractivity contribution in [2.24, 2.45) is 0 Å². The molecule has 0 aliphatic carbocycles. The third-order valence-corrected chi connectivity index (χ3v) is 1.68. The van der Waals surface area contributed by atoms with Crippen LogP contribution in [0, 0.1) is 4.77 Å². The van der Waals surface area contributed by atoms with Crippen LogP contribution >= 0.6 is 12.2 Å². The van der Waals surface area contributed by atoms with E-state index in [2.05, 4.69) is 14.9 Å². The van der Waals surface area contributed by atoms with Crippen LogP contribution in [0.3, 0.4) is 0 Å². The van der Waals surface area contributed by atoms with E-state index in [1.165, 1.54) is 0 Å². The molecule has 0 aromatic carbocycles. The zero-order chi connectivity index (χ0) is 9.84. The number of nitrogens with zero attached hydrogens (tertiary/aromatic N) is 1. The second-order valence-corrected chi connectivity index (χ2v) is 2.64. The molecule has 1 aromatic rings. The maximum absolute atomic E-state index is 11.0. The van der Waals surface area contributed by atoms with Crippen LogP contribution < -0.4 is 5.69 Å². The number of carbonyl (C=O) groups excluding carboxylic acids is 1. The van der Waals surface area contributed by atoms with E-state index in [1.54, 1.807) is 6.92 Å². The van der Waals surface area contributed by atoms with Gasteiger partial charge in [0.1, 0.15) is 6.54 Å². The largest absolute Gasteiger partial charge is 0.465 e. The molecule has 0 saturated heterocycles. The topological polar surface area (TPSA) is 79.9 Å². The van der Waals surface area contributed by atoms with Gasteiger partial charge in [-0.25, -0.2) is 9.89 Å². The molecule has 6 nitrogen and oxygen atoms in total. The van der Waals surface area contributed by atoms with E-state index in [1.807, 2.05) is 0 Å². The lowest BCUT2D eigenvalue weighted by atomic mass is 10.6. The average Bonchev–Trinajstić information content (AvgIpc) is 2.36. The van der Waals surface area contributed by atoms with E-state index in [0.717, 1.165) is 4.57 Å². The van der Waals surface area contributed by atoms with Gasteiger partial charge in [0, 0.05) is 0 Å². The van der Waals surface area contributed by atoms with Gasteiger partial charge in [-0.1, -0.05) is 0 Å². The highest BCUT2D eigenvalue weighted by atomic mass is 32.1. The van der Waals surface area contributed by atoms with E-state index in [9.17, 15) is 9.59 Å². The molecule has 1 aromatic heterocycles. The Bertz CT molecular complexity index is 374. The summed E-state index contributed by atoms with van der Waals surface area (Å²) in [7, 11) is 0. The number of esters is 1. The number of carbonyl (C=O) groups is 1. The Balaban J connectivity index is 2.80. The third-order valence-electron chi connectivity index (χ3n) is 1.36. The van der Waals surface area contributed by atoms with Crippen molar-refractivity contribution >= 4 is 18.2 Å². The van der Waals surface area contributed by atoms with Crippen LogP contribution in [0.5, 0.6) is 0 Å². The molecular weight excluding hydrogens is 194 g/mol. The fourth-order valence-corrected chi connectivity index (χ4v) is 1.01. The Hall–Kier alpha value is -1.37. The van der Waals surface area contributed by atoms with Gasteiger partial charge >= 0.3 is 11.7 Å². The molecule has 0 aliphatic heterocycles. The van der Waals surface area contributed by atoms with Gasteiger partial charge in [-0.05, 0) is 19.1 Å². The summed E-state index contributed by atoms with van der Waals surface area (Å²) in [5.41, 5.74) is -0.446. The molecule has 0 saturated carbocycles. The van der Waals surface area contributed by atoms with Gasteiger partial charge in [-0.2, -0.15) is 0 Å². The minimum atomic E-state index is -0.483. The summed E-state index contributed by atoms with van der Waals surface area (Å²) in [5, 5.41) is 4.67. The van der Waals surface area contributed by atoms with E-state index >= 15 is 0 Å². The van der Waals surface area contributed by atoms with Crippen molar-refractivity contribution in [3.63, 3.8) is 0 Å². The molecule has 0 atom stereocenters. The third kappa shape index (κ3) is 2.28. The molecule has 0 amide bonds.